The second-order valence-electron chi connectivity index (χ2n) is 3.63. The average Bonchev–Trinajstić information content (AvgIpc) is 2.39. The van der Waals surface area contributed by atoms with Crippen molar-refractivity contribution in [2.45, 2.75) is 25.2 Å². The zero-order chi connectivity index (χ0) is 13.2. The van der Waals surface area contributed by atoms with Gasteiger partial charge in [-0.25, -0.2) is 0 Å². The Labute approximate surface area is 113 Å². The van der Waals surface area contributed by atoms with E-state index in [1.807, 2.05) is 18.2 Å². The summed E-state index contributed by atoms with van der Waals surface area (Å²) < 4.78 is 10.9. The number of ether oxygens (including phenoxy) is 2. The molecule has 0 fully saturated rings. The molecule has 0 aliphatic rings. The SMILES string of the molecule is CCCOCCOc1cccc(SCC)c1C#N. The van der Waals surface area contributed by atoms with E-state index in [1.54, 1.807) is 11.8 Å². The highest BCUT2D eigenvalue weighted by Crippen LogP contribution is 2.29. The van der Waals surface area contributed by atoms with Crippen molar-refractivity contribution >= 4 is 11.8 Å². The van der Waals surface area contributed by atoms with Crippen LogP contribution >= 0.6 is 11.8 Å². The molecule has 0 saturated heterocycles. The number of hydrogen-bond donors (Lipinski definition) is 0. The first-order valence-corrected chi connectivity index (χ1v) is 7.18. The van der Waals surface area contributed by atoms with Gasteiger partial charge in [-0.2, -0.15) is 5.26 Å². The van der Waals surface area contributed by atoms with E-state index in [9.17, 15) is 5.26 Å². The first-order chi connectivity index (χ1) is 8.83. The molecule has 0 N–H and O–H groups in total. The normalized spacial score (nSPS) is 10.1. The highest BCUT2D eigenvalue weighted by molar-refractivity contribution is 7.99. The predicted molar refractivity (Wildman–Crippen MR) is 74.2 cm³/mol. The monoisotopic (exact) mass is 265 g/mol. The Balaban J connectivity index is 2.59. The van der Waals surface area contributed by atoms with E-state index >= 15 is 0 Å². The van der Waals surface area contributed by atoms with Crippen molar-refractivity contribution in [1.29, 1.82) is 5.26 Å². The third kappa shape index (κ3) is 4.59. The summed E-state index contributed by atoms with van der Waals surface area (Å²) >= 11 is 1.65. The highest BCUT2D eigenvalue weighted by atomic mass is 32.2. The Morgan fingerprint density at radius 3 is 2.72 bits per heavy atom. The van der Waals surface area contributed by atoms with Gasteiger partial charge in [0.05, 0.1) is 6.61 Å². The van der Waals surface area contributed by atoms with Crippen LogP contribution in [-0.4, -0.2) is 25.6 Å². The van der Waals surface area contributed by atoms with Gasteiger partial charge in [-0.3, -0.25) is 0 Å². The fourth-order valence-electron chi connectivity index (χ4n) is 1.47. The summed E-state index contributed by atoms with van der Waals surface area (Å²) in [7, 11) is 0. The molecule has 0 aromatic heterocycles. The minimum atomic E-state index is 0.481. The second-order valence-corrected chi connectivity index (χ2v) is 4.94. The fourth-order valence-corrected chi connectivity index (χ4v) is 2.25. The Morgan fingerprint density at radius 1 is 1.22 bits per heavy atom. The minimum Gasteiger partial charge on any atom is -0.490 e. The number of nitriles is 1. The van der Waals surface area contributed by atoms with Gasteiger partial charge in [0, 0.05) is 11.5 Å². The van der Waals surface area contributed by atoms with Gasteiger partial charge in [-0.15, -0.1) is 11.8 Å². The van der Waals surface area contributed by atoms with Crippen LogP contribution in [0.25, 0.3) is 0 Å². The summed E-state index contributed by atoms with van der Waals surface area (Å²) in [5, 5.41) is 9.19. The van der Waals surface area contributed by atoms with E-state index in [4.69, 9.17) is 9.47 Å². The lowest BCUT2D eigenvalue weighted by molar-refractivity contribution is 0.100. The summed E-state index contributed by atoms with van der Waals surface area (Å²) in [5.41, 5.74) is 0.625. The quantitative estimate of drug-likeness (QED) is 0.533. The molecule has 0 unspecified atom stereocenters. The maximum atomic E-state index is 9.19. The molecule has 4 heteroatoms. The smallest absolute Gasteiger partial charge is 0.138 e. The van der Waals surface area contributed by atoms with Crippen LogP contribution in [0.1, 0.15) is 25.8 Å². The topological polar surface area (TPSA) is 42.2 Å². The maximum absolute atomic E-state index is 9.19. The van der Waals surface area contributed by atoms with Crippen molar-refractivity contribution in [2.75, 3.05) is 25.6 Å². The third-order valence-electron chi connectivity index (χ3n) is 2.23. The van der Waals surface area contributed by atoms with Crippen molar-refractivity contribution in [3.8, 4) is 11.8 Å². The molecule has 0 heterocycles. The molecule has 0 aliphatic heterocycles. The fraction of sp³-hybridized carbons (Fsp3) is 0.500. The molecule has 0 atom stereocenters. The van der Waals surface area contributed by atoms with E-state index in [0.29, 0.717) is 24.5 Å². The average molecular weight is 265 g/mol. The lowest BCUT2D eigenvalue weighted by atomic mass is 10.2. The van der Waals surface area contributed by atoms with Crippen molar-refractivity contribution in [1.82, 2.24) is 0 Å². The molecule has 0 spiro atoms. The molecule has 0 saturated carbocycles. The van der Waals surface area contributed by atoms with Crippen LogP contribution < -0.4 is 4.74 Å². The van der Waals surface area contributed by atoms with E-state index < -0.39 is 0 Å². The minimum absolute atomic E-state index is 0.481. The number of nitrogens with zero attached hydrogens (tertiary/aromatic N) is 1. The summed E-state index contributed by atoms with van der Waals surface area (Å²) in [4.78, 5) is 0.979. The molecular formula is C14H19NO2S. The van der Waals surface area contributed by atoms with Gasteiger partial charge >= 0.3 is 0 Å². The van der Waals surface area contributed by atoms with Crippen molar-refractivity contribution in [3.05, 3.63) is 23.8 Å². The van der Waals surface area contributed by atoms with Crippen LogP contribution in [-0.2, 0) is 4.74 Å². The van der Waals surface area contributed by atoms with Crippen LogP contribution in [0.5, 0.6) is 5.75 Å². The zero-order valence-electron chi connectivity index (χ0n) is 10.9. The van der Waals surface area contributed by atoms with Crippen LogP contribution in [0.15, 0.2) is 23.1 Å². The first-order valence-electron chi connectivity index (χ1n) is 6.19. The Morgan fingerprint density at radius 2 is 2.06 bits per heavy atom. The number of thioether (sulfide) groups is 1. The lowest BCUT2D eigenvalue weighted by Gasteiger charge is -2.10. The Bertz CT molecular complexity index is 401. The highest BCUT2D eigenvalue weighted by Gasteiger charge is 2.08. The summed E-state index contributed by atoms with van der Waals surface area (Å²) in [6.45, 7) is 5.93. The van der Waals surface area contributed by atoms with Gasteiger partial charge in [0.15, 0.2) is 0 Å². The Hall–Kier alpha value is -1.18. The number of rotatable bonds is 8. The Kier molecular flexibility index (Phi) is 7.31. The van der Waals surface area contributed by atoms with Gasteiger partial charge in [0.2, 0.25) is 0 Å². The van der Waals surface area contributed by atoms with E-state index in [-0.39, 0.29) is 0 Å². The number of benzene rings is 1. The van der Waals surface area contributed by atoms with Crippen LogP contribution in [0, 0.1) is 11.3 Å². The largest absolute Gasteiger partial charge is 0.490 e. The molecule has 0 bridgehead atoms. The van der Waals surface area contributed by atoms with Gasteiger partial charge < -0.3 is 9.47 Å². The molecule has 3 nitrogen and oxygen atoms in total. The predicted octanol–water partition coefficient (Wildman–Crippen LogP) is 3.48. The second kappa shape index (κ2) is 8.84. The third-order valence-corrected chi connectivity index (χ3v) is 3.17. The van der Waals surface area contributed by atoms with Crippen LogP contribution in [0.4, 0.5) is 0 Å². The zero-order valence-corrected chi connectivity index (χ0v) is 11.8. The standard InChI is InChI=1S/C14H19NO2S/c1-3-8-16-9-10-17-13-6-5-7-14(18-4-2)12(13)11-15/h5-7H,3-4,8-10H2,1-2H3. The number of hydrogen-bond acceptors (Lipinski definition) is 4. The summed E-state index contributed by atoms with van der Waals surface area (Å²) in [6, 6.07) is 7.92. The van der Waals surface area contributed by atoms with E-state index in [0.717, 1.165) is 23.7 Å². The van der Waals surface area contributed by atoms with Gasteiger partial charge in [-0.1, -0.05) is 19.9 Å². The summed E-state index contributed by atoms with van der Waals surface area (Å²) in [5.74, 6) is 1.59. The molecule has 1 rings (SSSR count). The molecule has 18 heavy (non-hydrogen) atoms. The van der Waals surface area contributed by atoms with Gasteiger partial charge in [0.25, 0.3) is 0 Å². The van der Waals surface area contributed by atoms with Crippen molar-refractivity contribution < 1.29 is 9.47 Å². The molecule has 1 aromatic carbocycles. The van der Waals surface area contributed by atoms with Gasteiger partial charge in [-0.05, 0) is 24.3 Å². The van der Waals surface area contributed by atoms with E-state index in [2.05, 4.69) is 19.9 Å². The summed E-state index contributed by atoms with van der Waals surface area (Å²) in [6.07, 6.45) is 1.01. The molecule has 0 amide bonds. The molecular weight excluding hydrogens is 246 g/mol. The van der Waals surface area contributed by atoms with Gasteiger partial charge in [0.1, 0.15) is 24.0 Å². The first kappa shape index (κ1) is 14.9. The van der Waals surface area contributed by atoms with Crippen LogP contribution in [0.3, 0.4) is 0 Å². The maximum Gasteiger partial charge on any atom is 0.138 e. The van der Waals surface area contributed by atoms with Crippen molar-refractivity contribution in [2.24, 2.45) is 0 Å². The lowest BCUT2D eigenvalue weighted by Crippen LogP contribution is -2.08. The molecule has 0 radical (unpaired) electrons. The molecule has 98 valence electrons. The van der Waals surface area contributed by atoms with Crippen molar-refractivity contribution in [3.63, 3.8) is 0 Å². The molecule has 0 aliphatic carbocycles. The van der Waals surface area contributed by atoms with E-state index in [1.165, 1.54) is 0 Å². The molecule has 1 aromatic rings. The van der Waals surface area contributed by atoms with Crippen LogP contribution in [0.2, 0.25) is 0 Å².